The highest BCUT2D eigenvalue weighted by atomic mass is 16.6. The average Bonchev–Trinajstić information content (AvgIpc) is 2.62. The predicted molar refractivity (Wildman–Crippen MR) is 77.9 cm³/mol. The molecule has 20 heavy (non-hydrogen) atoms. The van der Waals surface area contributed by atoms with Gasteiger partial charge in [0.15, 0.2) is 5.75 Å². The van der Waals surface area contributed by atoms with Gasteiger partial charge in [-0.25, -0.2) is 0 Å². The summed E-state index contributed by atoms with van der Waals surface area (Å²) in [6.45, 7) is 2.16. The Balaban J connectivity index is 2.12. The summed E-state index contributed by atoms with van der Waals surface area (Å²) in [6.07, 6.45) is 6.48. The first kappa shape index (κ1) is 14.8. The summed E-state index contributed by atoms with van der Waals surface area (Å²) in [6, 6.07) is 4.96. The lowest BCUT2D eigenvalue weighted by Crippen LogP contribution is -2.45. The molecule has 1 aliphatic rings. The molecule has 0 atom stereocenters. The topological polar surface area (TPSA) is 78.4 Å². The summed E-state index contributed by atoms with van der Waals surface area (Å²) < 4.78 is 5.76. The SMILES string of the molecule is Cc1cccc([N+](=O)[O-])c1OCC1(N)CCCCCC1. The Kier molecular flexibility index (Phi) is 4.60. The Morgan fingerprint density at radius 1 is 1.30 bits per heavy atom. The van der Waals surface area contributed by atoms with Crippen molar-refractivity contribution in [1.29, 1.82) is 0 Å². The number of hydrogen-bond donors (Lipinski definition) is 1. The molecule has 110 valence electrons. The first-order valence-electron chi connectivity index (χ1n) is 7.17. The van der Waals surface area contributed by atoms with Crippen molar-refractivity contribution in [3.05, 3.63) is 33.9 Å². The predicted octanol–water partition coefficient (Wildman–Crippen LogP) is 3.33. The monoisotopic (exact) mass is 278 g/mol. The second-order valence-corrected chi connectivity index (χ2v) is 5.75. The maximum Gasteiger partial charge on any atom is 0.311 e. The van der Waals surface area contributed by atoms with E-state index in [0.29, 0.717) is 12.4 Å². The maximum atomic E-state index is 11.1. The zero-order valence-corrected chi connectivity index (χ0v) is 11.9. The Hall–Kier alpha value is -1.62. The van der Waals surface area contributed by atoms with Crippen molar-refractivity contribution in [2.75, 3.05) is 6.61 Å². The third-order valence-corrected chi connectivity index (χ3v) is 3.99. The van der Waals surface area contributed by atoms with Gasteiger partial charge in [0.05, 0.1) is 10.5 Å². The maximum absolute atomic E-state index is 11.1. The zero-order chi connectivity index (χ0) is 14.6. The largest absolute Gasteiger partial charge is 0.485 e. The molecular formula is C15H22N2O3. The quantitative estimate of drug-likeness (QED) is 0.520. The number of nitrogens with zero attached hydrogens (tertiary/aromatic N) is 1. The minimum absolute atomic E-state index is 0.0159. The van der Waals surface area contributed by atoms with E-state index in [1.165, 1.54) is 18.9 Å². The van der Waals surface area contributed by atoms with Crippen LogP contribution in [0.15, 0.2) is 18.2 Å². The van der Waals surface area contributed by atoms with Crippen LogP contribution in [0.1, 0.15) is 44.1 Å². The van der Waals surface area contributed by atoms with Crippen molar-refractivity contribution in [3.63, 3.8) is 0 Å². The van der Waals surface area contributed by atoms with Crippen LogP contribution in [-0.4, -0.2) is 17.1 Å². The van der Waals surface area contributed by atoms with Crippen molar-refractivity contribution in [2.45, 2.75) is 51.0 Å². The molecule has 1 aromatic rings. The highest BCUT2D eigenvalue weighted by Crippen LogP contribution is 2.32. The van der Waals surface area contributed by atoms with Crippen LogP contribution < -0.4 is 10.5 Å². The lowest BCUT2D eigenvalue weighted by molar-refractivity contribution is -0.386. The van der Waals surface area contributed by atoms with Gasteiger partial charge in [0.1, 0.15) is 6.61 Å². The van der Waals surface area contributed by atoms with E-state index in [0.717, 1.165) is 31.2 Å². The third-order valence-electron chi connectivity index (χ3n) is 3.99. The lowest BCUT2D eigenvalue weighted by Gasteiger charge is -2.28. The molecule has 5 heteroatoms. The molecule has 0 amide bonds. The van der Waals surface area contributed by atoms with Crippen LogP contribution in [0.5, 0.6) is 5.75 Å². The molecule has 0 heterocycles. The lowest BCUT2D eigenvalue weighted by atomic mass is 9.92. The molecule has 1 saturated carbocycles. The van der Waals surface area contributed by atoms with Gasteiger partial charge in [-0.05, 0) is 25.3 Å². The number of nitro benzene ring substituents is 1. The number of aryl methyl sites for hydroxylation is 1. The molecule has 0 bridgehead atoms. The standard InChI is InChI=1S/C15H22N2O3/c1-12-7-6-8-13(17(18)19)14(12)20-11-15(16)9-4-2-3-5-10-15/h6-8H,2-5,9-11,16H2,1H3. The molecule has 2 N–H and O–H groups in total. The van der Waals surface area contributed by atoms with E-state index in [4.69, 9.17) is 10.5 Å². The Morgan fingerprint density at radius 2 is 1.95 bits per heavy atom. The van der Waals surface area contributed by atoms with E-state index < -0.39 is 4.92 Å². The molecule has 1 aliphatic carbocycles. The second-order valence-electron chi connectivity index (χ2n) is 5.75. The first-order chi connectivity index (χ1) is 9.52. The van der Waals surface area contributed by atoms with Gasteiger partial charge >= 0.3 is 5.69 Å². The van der Waals surface area contributed by atoms with Crippen LogP contribution in [0.2, 0.25) is 0 Å². The van der Waals surface area contributed by atoms with E-state index in [-0.39, 0.29) is 11.2 Å². The molecule has 1 aromatic carbocycles. The molecule has 1 fully saturated rings. The molecule has 0 saturated heterocycles. The number of hydrogen-bond acceptors (Lipinski definition) is 4. The van der Waals surface area contributed by atoms with Crippen molar-refractivity contribution < 1.29 is 9.66 Å². The fraction of sp³-hybridized carbons (Fsp3) is 0.600. The summed E-state index contributed by atoms with van der Waals surface area (Å²) in [7, 11) is 0. The van der Waals surface area contributed by atoms with Crippen molar-refractivity contribution in [3.8, 4) is 5.75 Å². The second kappa shape index (κ2) is 6.22. The molecule has 0 spiro atoms. The Bertz CT molecular complexity index is 480. The normalized spacial score (nSPS) is 18.3. The van der Waals surface area contributed by atoms with Crippen LogP contribution in [-0.2, 0) is 0 Å². The van der Waals surface area contributed by atoms with Crippen LogP contribution in [0.3, 0.4) is 0 Å². The van der Waals surface area contributed by atoms with E-state index in [1.807, 2.05) is 13.0 Å². The van der Waals surface area contributed by atoms with E-state index >= 15 is 0 Å². The Labute approximate surface area is 119 Å². The molecular weight excluding hydrogens is 256 g/mol. The summed E-state index contributed by atoms with van der Waals surface area (Å²) in [5.74, 6) is 0.353. The van der Waals surface area contributed by atoms with Crippen molar-refractivity contribution >= 4 is 5.69 Å². The third kappa shape index (κ3) is 3.48. The fourth-order valence-corrected chi connectivity index (χ4v) is 2.76. The molecule has 5 nitrogen and oxygen atoms in total. The van der Waals surface area contributed by atoms with Gasteiger partial charge in [-0.2, -0.15) is 0 Å². The van der Waals surface area contributed by atoms with Gasteiger partial charge in [0, 0.05) is 6.07 Å². The van der Waals surface area contributed by atoms with E-state index in [1.54, 1.807) is 6.07 Å². The first-order valence-corrected chi connectivity index (χ1v) is 7.17. The smallest absolute Gasteiger partial charge is 0.311 e. The van der Waals surface area contributed by atoms with E-state index in [9.17, 15) is 10.1 Å². The number of benzene rings is 1. The van der Waals surface area contributed by atoms with Crippen molar-refractivity contribution in [1.82, 2.24) is 0 Å². The fourth-order valence-electron chi connectivity index (χ4n) is 2.76. The molecule has 0 aromatic heterocycles. The zero-order valence-electron chi connectivity index (χ0n) is 11.9. The van der Waals surface area contributed by atoms with Gasteiger partial charge in [-0.3, -0.25) is 10.1 Å². The summed E-state index contributed by atoms with van der Waals surface area (Å²) in [5.41, 5.74) is 6.82. The molecule has 0 aliphatic heterocycles. The van der Waals surface area contributed by atoms with Crippen LogP contribution in [0.25, 0.3) is 0 Å². The van der Waals surface area contributed by atoms with Gasteiger partial charge in [0.2, 0.25) is 0 Å². The van der Waals surface area contributed by atoms with Crippen LogP contribution in [0.4, 0.5) is 5.69 Å². The summed E-state index contributed by atoms with van der Waals surface area (Å²) >= 11 is 0. The number of ether oxygens (including phenoxy) is 1. The highest BCUT2D eigenvalue weighted by molar-refractivity contribution is 5.51. The van der Waals surface area contributed by atoms with Gasteiger partial charge in [0.25, 0.3) is 0 Å². The summed E-state index contributed by atoms with van der Waals surface area (Å²) in [5, 5.41) is 11.1. The van der Waals surface area contributed by atoms with Gasteiger partial charge < -0.3 is 10.5 Å². The number of rotatable bonds is 4. The average molecular weight is 278 g/mol. The number of para-hydroxylation sites is 1. The molecule has 2 rings (SSSR count). The number of nitrogens with two attached hydrogens (primary N) is 1. The van der Waals surface area contributed by atoms with E-state index in [2.05, 4.69) is 0 Å². The molecule has 0 unspecified atom stereocenters. The highest BCUT2D eigenvalue weighted by Gasteiger charge is 2.28. The summed E-state index contributed by atoms with van der Waals surface area (Å²) in [4.78, 5) is 10.7. The molecule has 0 radical (unpaired) electrons. The van der Waals surface area contributed by atoms with Gasteiger partial charge in [-0.15, -0.1) is 0 Å². The van der Waals surface area contributed by atoms with Gasteiger partial charge in [-0.1, -0.05) is 37.8 Å². The minimum Gasteiger partial charge on any atom is -0.485 e. The van der Waals surface area contributed by atoms with Crippen molar-refractivity contribution in [2.24, 2.45) is 5.73 Å². The Morgan fingerprint density at radius 3 is 2.55 bits per heavy atom. The number of nitro groups is 1. The van der Waals surface area contributed by atoms with Crippen LogP contribution in [0, 0.1) is 17.0 Å². The minimum atomic E-state index is -0.404. The van der Waals surface area contributed by atoms with Crippen LogP contribution >= 0.6 is 0 Å².